The van der Waals surface area contributed by atoms with Gasteiger partial charge in [0.15, 0.2) is 0 Å². The van der Waals surface area contributed by atoms with Crippen LogP contribution in [0, 0.1) is 6.92 Å². The van der Waals surface area contributed by atoms with Gasteiger partial charge >= 0.3 is 11.9 Å². The van der Waals surface area contributed by atoms with Gasteiger partial charge in [-0.05, 0) is 26.2 Å². The molecule has 3 rings (SSSR count). The molecule has 174 valence electrons. The number of nitrogens with one attached hydrogen (secondary N) is 1. The number of hydrogen-bond acceptors (Lipinski definition) is 6. The van der Waals surface area contributed by atoms with E-state index >= 15 is 0 Å². The zero-order chi connectivity index (χ0) is 23.0. The van der Waals surface area contributed by atoms with Gasteiger partial charge in [-0.15, -0.1) is 0 Å². The highest BCUT2D eigenvalue weighted by molar-refractivity contribution is 6.30. The lowest BCUT2D eigenvalue weighted by Crippen LogP contribution is -2.49. The lowest BCUT2D eigenvalue weighted by atomic mass is 10.2. The predicted octanol–water partition coefficient (Wildman–Crippen LogP) is 1.20. The molecule has 0 radical (unpaired) electrons. The Balaban J connectivity index is 0.000000501. The maximum Gasteiger partial charge on any atom is 0.414 e. The molecule has 1 amide bonds. The molecule has 1 saturated carbocycles. The summed E-state index contributed by atoms with van der Waals surface area (Å²) in [5.41, 5.74) is 2.19. The van der Waals surface area contributed by atoms with E-state index in [0.29, 0.717) is 12.6 Å². The summed E-state index contributed by atoms with van der Waals surface area (Å²) in [5, 5.41) is 23.2. The molecule has 0 spiro atoms. The van der Waals surface area contributed by atoms with Gasteiger partial charge in [-0.3, -0.25) is 19.3 Å². The second-order valence-electron chi connectivity index (χ2n) is 7.94. The van der Waals surface area contributed by atoms with Crippen molar-refractivity contribution in [3.05, 3.63) is 16.4 Å². The molecule has 3 N–H and O–H groups in total. The van der Waals surface area contributed by atoms with Gasteiger partial charge in [-0.2, -0.15) is 5.10 Å². The number of carboxylic acid groups (broad SMARTS) is 2. The molecule has 1 aliphatic heterocycles. The summed E-state index contributed by atoms with van der Waals surface area (Å²) < 4.78 is 1.94. The van der Waals surface area contributed by atoms with Crippen LogP contribution in [-0.4, -0.2) is 86.4 Å². The third kappa shape index (κ3) is 8.47. The molecule has 0 aromatic carbocycles. The minimum absolute atomic E-state index is 0.173. The number of carboxylic acids is 2. The van der Waals surface area contributed by atoms with Crippen LogP contribution >= 0.6 is 11.6 Å². The van der Waals surface area contributed by atoms with E-state index in [-0.39, 0.29) is 5.91 Å². The van der Waals surface area contributed by atoms with Gasteiger partial charge in [0, 0.05) is 50.9 Å². The molecular formula is C20H32ClN5O5. The lowest BCUT2D eigenvalue weighted by molar-refractivity contribution is -0.159. The van der Waals surface area contributed by atoms with Crippen LogP contribution in [0.5, 0.6) is 0 Å². The van der Waals surface area contributed by atoms with Crippen molar-refractivity contribution in [2.75, 3.05) is 32.7 Å². The van der Waals surface area contributed by atoms with E-state index in [2.05, 4.69) is 27.1 Å². The number of carbonyl (C=O) groups is 3. The summed E-state index contributed by atoms with van der Waals surface area (Å²) >= 11 is 6.55. The number of halogens is 1. The highest BCUT2D eigenvalue weighted by Crippen LogP contribution is 2.23. The molecule has 0 unspecified atom stereocenters. The predicted molar refractivity (Wildman–Crippen MR) is 115 cm³/mol. The van der Waals surface area contributed by atoms with Crippen molar-refractivity contribution >= 4 is 29.4 Å². The maximum absolute atomic E-state index is 11.9. The fraction of sp³-hybridized carbons (Fsp3) is 0.700. The van der Waals surface area contributed by atoms with Crippen LogP contribution in [0.15, 0.2) is 0 Å². The van der Waals surface area contributed by atoms with Crippen molar-refractivity contribution in [2.45, 2.75) is 58.7 Å². The summed E-state index contributed by atoms with van der Waals surface area (Å²) in [4.78, 5) is 34.8. The summed E-state index contributed by atoms with van der Waals surface area (Å²) in [7, 11) is 0. The van der Waals surface area contributed by atoms with Crippen molar-refractivity contribution < 1.29 is 24.6 Å². The monoisotopic (exact) mass is 457 g/mol. The Kier molecular flexibility index (Phi) is 9.73. The zero-order valence-corrected chi connectivity index (χ0v) is 18.9. The number of unbranched alkanes of at least 4 members (excludes halogenated alkanes) is 1. The van der Waals surface area contributed by atoms with Crippen molar-refractivity contribution in [1.29, 1.82) is 0 Å². The quantitative estimate of drug-likeness (QED) is 0.497. The van der Waals surface area contributed by atoms with Gasteiger partial charge in [0.2, 0.25) is 5.91 Å². The Bertz CT molecular complexity index is 760. The standard InChI is InChI=1S/C18H30ClN5O.C2H2O4/c1-3-4-7-24-18(19)16(14(2)21-24)12-22-8-10-23(11-9-22)13-17(25)20-15-5-6-15;3-1(4)2(5)6/h15H,3-13H2,1-2H3,(H,20,25);(H,3,4)(H,5,6). The van der Waals surface area contributed by atoms with Gasteiger partial charge < -0.3 is 15.5 Å². The van der Waals surface area contributed by atoms with Crippen molar-refractivity contribution in [3.63, 3.8) is 0 Å². The molecule has 1 aromatic heterocycles. The van der Waals surface area contributed by atoms with Crippen LogP contribution in [0.2, 0.25) is 5.15 Å². The van der Waals surface area contributed by atoms with E-state index in [1.54, 1.807) is 0 Å². The lowest BCUT2D eigenvalue weighted by Gasteiger charge is -2.34. The molecule has 0 bridgehead atoms. The summed E-state index contributed by atoms with van der Waals surface area (Å²) in [6.07, 6.45) is 4.53. The molecule has 1 saturated heterocycles. The first-order valence-corrected chi connectivity index (χ1v) is 11.0. The first kappa shape index (κ1) is 25.1. The SMILES string of the molecule is CCCCn1nc(C)c(CN2CCN(CC(=O)NC3CC3)CC2)c1Cl.O=C(O)C(=O)O. The van der Waals surface area contributed by atoms with E-state index in [1.165, 1.54) is 0 Å². The molecule has 0 atom stereocenters. The number of hydrogen-bond donors (Lipinski definition) is 3. The Morgan fingerprint density at radius 1 is 1.10 bits per heavy atom. The Morgan fingerprint density at radius 3 is 2.19 bits per heavy atom. The summed E-state index contributed by atoms with van der Waals surface area (Å²) in [6, 6.07) is 0.447. The molecule has 11 heteroatoms. The highest BCUT2D eigenvalue weighted by atomic mass is 35.5. The third-order valence-electron chi connectivity index (χ3n) is 5.25. The topological polar surface area (TPSA) is 128 Å². The Hall–Kier alpha value is -2.17. The smallest absolute Gasteiger partial charge is 0.414 e. The summed E-state index contributed by atoms with van der Waals surface area (Å²) in [6.45, 7) is 10.3. The van der Waals surface area contributed by atoms with E-state index in [1.807, 2.05) is 11.6 Å². The van der Waals surface area contributed by atoms with Crippen molar-refractivity contribution in [1.82, 2.24) is 24.9 Å². The van der Waals surface area contributed by atoms with Crippen LogP contribution in [0.4, 0.5) is 0 Å². The second kappa shape index (κ2) is 12.0. The number of amides is 1. The Morgan fingerprint density at radius 2 is 1.68 bits per heavy atom. The first-order valence-electron chi connectivity index (χ1n) is 10.6. The van der Waals surface area contributed by atoms with Crippen molar-refractivity contribution in [3.8, 4) is 0 Å². The molecule has 2 aliphatic rings. The van der Waals surface area contributed by atoms with Gasteiger partial charge in [0.1, 0.15) is 5.15 Å². The van der Waals surface area contributed by atoms with Crippen molar-refractivity contribution in [2.24, 2.45) is 0 Å². The largest absolute Gasteiger partial charge is 0.473 e. The zero-order valence-electron chi connectivity index (χ0n) is 18.1. The summed E-state index contributed by atoms with van der Waals surface area (Å²) in [5.74, 6) is -3.47. The van der Waals surface area contributed by atoms with Gasteiger partial charge in [-0.25, -0.2) is 9.59 Å². The molecule has 1 aromatic rings. The van der Waals surface area contributed by atoms with Crippen LogP contribution in [0.1, 0.15) is 43.9 Å². The number of nitrogens with zero attached hydrogens (tertiary/aromatic N) is 4. The minimum Gasteiger partial charge on any atom is -0.473 e. The van der Waals surface area contributed by atoms with Crippen LogP contribution in [-0.2, 0) is 27.5 Å². The third-order valence-corrected chi connectivity index (χ3v) is 5.67. The van der Waals surface area contributed by atoms with Gasteiger partial charge in [0.05, 0.1) is 12.2 Å². The maximum atomic E-state index is 11.9. The van der Waals surface area contributed by atoms with Crippen LogP contribution in [0.3, 0.4) is 0 Å². The fourth-order valence-corrected chi connectivity index (χ4v) is 3.58. The number of aliphatic carboxylic acids is 2. The van der Waals surface area contributed by atoms with E-state index in [4.69, 9.17) is 31.4 Å². The minimum atomic E-state index is -1.82. The van der Waals surface area contributed by atoms with Gasteiger partial charge in [0.25, 0.3) is 0 Å². The van der Waals surface area contributed by atoms with E-state index in [9.17, 15) is 4.79 Å². The molecule has 1 aliphatic carbocycles. The molecular weight excluding hydrogens is 426 g/mol. The average molecular weight is 458 g/mol. The number of carbonyl (C=O) groups excluding carboxylic acids is 1. The van der Waals surface area contributed by atoms with Crippen LogP contribution < -0.4 is 5.32 Å². The van der Waals surface area contributed by atoms with Crippen LogP contribution in [0.25, 0.3) is 0 Å². The average Bonchev–Trinajstić information content (AvgIpc) is 3.49. The highest BCUT2D eigenvalue weighted by Gasteiger charge is 2.26. The fourth-order valence-electron chi connectivity index (χ4n) is 3.26. The van der Waals surface area contributed by atoms with Gasteiger partial charge in [-0.1, -0.05) is 24.9 Å². The van der Waals surface area contributed by atoms with E-state index in [0.717, 1.165) is 81.4 Å². The molecule has 31 heavy (non-hydrogen) atoms. The second-order valence-corrected chi connectivity index (χ2v) is 8.29. The normalized spacial score (nSPS) is 17.0. The molecule has 2 fully saturated rings. The molecule has 10 nitrogen and oxygen atoms in total. The number of piperazine rings is 1. The Labute approximate surface area is 187 Å². The number of rotatable bonds is 8. The first-order chi connectivity index (χ1) is 14.7. The number of aryl methyl sites for hydroxylation is 2. The van der Waals surface area contributed by atoms with E-state index < -0.39 is 11.9 Å². The number of aromatic nitrogens is 2. The molecule has 2 heterocycles.